The number of carboxylic acids is 1. The molecule has 22 heavy (non-hydrogen) atoms. The Bertz CT molecular complexity index is 812. The van der Waals surface area contributed by atoms with Crippen LogP contribution in [0.4, 0.5) is 11.6 Å². The summed E-state index contributed by atoms with van der Waals surface area (Å²) in [6, 6.07) is 4.04. The number of aromatic nitrogens is 4. The summed E-state index contributed by atoms with van der Waals surface area (Å²) in [6.45, 7) is 1.63. The fourth-order valence-corrected chi connectivity index (χ4v) is 2.22. The third-order valence-electron chi connectivity index (χ3n) is 3.33. The zero-order chi connectivity index (χ0) is 15.9. The number of aliphatic carboxylic acids is 1. The van der Waals surface area contributed by atoms with Crippen LogP contribution in [0.15, 0.2) is 30.0 Å². The number of carboxylic acid groups (broad SMARTS) is 1. The van der Waals surface area contributed by atoms with Gasteiger partial charge in [-0.2, -0.15) is 4.68 Å². The topological polar surface area (TPSA) is 136 Å². The fraction of sp³-hybridized carbons (Fsp3) is 0.167. The molecule has 1 aromatic carbocycles. The van der Waals surface area contributed by atoms with E-state index in [1.165, 1.54) is 16.8 Å². The lowest BCUT2D eigenvalue weighted by atomic mass is 10.0. The van der Waals surface area contributed by atoms with E-state index in [2.05, 4.69) is 20.8 Å². The predicted octanol–water partition coefficient (Wildman–Crippen LogP) is 0.873. The van der Waals surface area contributed by atoms with Gasteiger partial charge in [0, 0.05) is 11.6 Å². The van der Waals surface area contributed by atoms with Crippen molar-refractivity contribution < 1.29 is 14.8 Å². The molecule has 10 heteroatoms. The number of tetrazole rings is 1. The molecule has 1 aromatic heterocycles. The molecule has 3 rings (SSSR count). The number of nitrogens with one attached hydrogen (secondary N) is 1. The normalized spacial score (nSPS) is 16.4. The van der Waals surface area contributed by atoms with Crippen LogP contribution in [0.2, 0.25) is 0 Å². The molecule has 2 aromatic rings. The molecule has 0 amide bonds. The molecule has 1 aliphatic heterocycles. The average molecular weight is 302 g/mol. The van der Waals surface area contributed by atoms with Crippen LogP contribution in [-0.2, 0) is 4.79 Å². The highest BCUT2D eigenvalue weighted by Gasteiger charge is 2.27. The molecular weight excluding hydrogens is 292 g/mol. The number of hydrogen-bond acceptors (Lipinski definition) is 7. The molecule has 2 heterocycles. The van der Waals surface area contributed by atoms with Crippen molar-refractivity contribution >= 4 is 17.6 Å². The van der Waals surface area contributed by atoms with Gasteiger partial charge >= 0.3 is 5.97 Å². The summed E-state index contributed by atoms with van der Waals surface area (Å²) in [6.07, 6.45) is 1.40. The van der Waals surface area contributed by atoms with E-state index >= 15 is 0 Å². The second kappa shape index (κ2) is 4.91. The van der Waals surface area contributed by atoms with Gasteiger partial charge in [0.1, 0.15) is 11.7 Å². The number of nitro groups is 1. The standard InChI is InChI=1S/C12H10N6O4/c1-6-2-3-7(4-9(6)18(21)22)10-5-8(11(19)20)13-12-14-15-16-17(10)12/h2-5,10H,1H3,(H,19,20)(H,13,14,16). The zero-order valence-corrected chi connectivity index (χ0v) is 11.3. The minimum Gasteiger partial charge on any atom is -0.477 e. The molecular formula is C12H10N6O4. The number of aryl methyl sites for hydroxylation is 1. The number of benzene rings is 1. The lowest BCUT2D eigenvalue weighted by molar-refractivity contribution is -0.385. The first kappa shape index (κ1) is 13.7. The molecule has 0 saturated heterocycles. The van der Waals surface area contributed by atoms with Crippen molar-refractivity contribution in [3.05, 3.63) is 51.2 Å². The van der Waals surface area contributed by atoms with Crippen LogP contribution < -0.4 is 5.32 Å². The molecule has 1 unspecified atom stereocenters. The smallest absolute Gasteiger partial charge is 0.352 e. The van der Waals surface area contributed by atoms with Gasteiger partial charge in [0.25, 0.3) is 5.69 Å². The third kappa shape index (κ3) is 2.16. The molecule has 1 atom stereocenters. The van der Waals surface area contributed by atoms with Crippen molar-refractivity contribution in [2.45, 2.75) is 13.0 Å². The van der Waals surface area contributed by atoms with Gasteiger partial charge in [0.05, 0.1) is 4.92 Å². The van der Waals surface area contributed by atoms with Crippen molar-refractivity contribution in [3.8, 4) is 0 Å². The number of nitrogens with zero attached hydrogens (tertiary/aromatic N) is 5. The number of anilines is 1. The monoisotopic (exact) mass is 302 g/mol. The number of nitro benzene ring substituents is 1. The molecule has 1 aliphatic rings. The molecule has 10 nitrogen and oxygen atoms in total. The van der Waals surface area contributed by atoms with E-state index in [-0.39, 0.29) is 17.3 Å². The van der Waals surface area contributed by atoms with Crippen LogP contribution in [0.5, 0.6) is 0 Å². The maximum absolute atomic E-state index is 11.2. The van der Waals surface area contributed by atoms with E-state index in [9.17, 15) is 14.9 Å². The molecule has 0 aliphatic carbocycles. The minimum atomic E-state index is -1.17. The fourth-order valence-electron chi connectivity index (χ4n) is 2.22. The highest BCUT2D eigenvalue weighted by atomic mass is 16.6. The summed E-state index contributed by atoms with van der Waals surface area (Å²) in [7, 11) is 0. The summed E-state index contributed by atoms with van der Waals surface area (Å²) in [4.78, 5) is 21.8. The van der Waals surface area contributed by atoms with Gasteiger partial charge in [-0.3, -0.25) is 10.1 Å². The van der Waals surface area contributed by atoms with Crippen molar-refractivity contribution in [3.63, 3.8) is 0 Å². The Morgan fingerprint density at radius 2 is 2.27 bits per heavy atom. The second-order valence-corrected chi connectivity index (χ2v) is 4.71. The lowest BCUT2D eigenvalue weighted by Gasteiger charge is -2.21. The summed E-state index contributed by atoms with van der Waals surface area (Å²) in [5, 5.41) is 33.7. The number of hydrogen-bond donors (Lipinski definition) is 2. The second-order valence-electron chi connectivity index (χ2n) is 4.71. The Labute approximate surface area is 123 Å². The van der Waals surface area contributed by atoms with E-state index in [1.54, 1.807) is 19.1 Å². The first-order chi connectivity index (χ1) is 10.5. The Morgan fingerprint density at radius 1 is 1.50 bits per heavy atom. The SMILES string of the molecule is Cc1ccc(C2C=C(C(=O)O)Nc3nnnn32)cc1[N+](=O)[O-]. The van der Waals surface area contributed by atoms with Gasteiger partial charge in [0.2, 0.25) is 5.95 Å². The number of rotatable bonds is 3. The van der Waals surface area contributed by atoms with Crippen LogP contribution in [0.3, 0.4) is 0 Å². The lowest BCUT2D eigenvalue weighted by Crippen LogP contribution is -2.24. The van der Waals surface area contributed by atoms with Gasteiger partial charge in [-0.1, -0.05) is 17.2 Å². The number of fused-ring (bicyclic) bond motifs is 1. The van der Waals surface area contributed by atoms with Gasteiger partial charge in [0.15, 0.2) is 0 Å². The Kier molecular flexibility index (Phi) is 3.05. The van der Waals surface area contributed by atoms with Crippen molar-refractivity contribution in [2.24, 2.45) is 0 Å². The third-order valence-corrected chi connectivity index (χ3v) is 3.33. The summed E-state index contributed by atoms with van der Waals surface area (Å²) in [5.74, 6) is -1.01. The van der Waals surface area contributed by atoms with Gasteiger partial charge in [-0.25, -0.2) is 4.79 Å². The quantitative estimate of drug-likeness (QED) is 0.629. The molecule has 0 bridgehead atoms. The van der Waals surface area contributed by atoms with Crippen LogP contribution in [-0.4, -0.2) is 36.2 Å². The maximum Gasteiger partial charge on any atom is 0.352 e. The van der Waals surface area contributed by atoms with Crippen molar-refractivity contribution in [2.75, 3.05) is 5.32 Å². The molecule has 0 spiro atoms. The number of allylic oxidation sites excluding steroid dienone is 1. The average Bonchev–Trinajstić information content (AvgIpc) is 2.94. The molecule has 0 radical (unpaired) electrons. The van der Waals surface area contributed by atoms with Gasteiger partial charge < -0.3 is 10.4 Å². The van der Waals surface area contributed by atoms with Gasteiger partial charge in [-0.15, -0.1) is 0 Å². The minimum absolute atomic E-state index is 0.0454. The van der Waals surface area contributed by atoms with E-state index < -0.39 is 16.9 Å². The van der Waals surface area contributed by atoms with Crippen LogP contribution >= 0.6 is 0 Å². The highest BCUT2D eigenvalue weighted by Crippen LogP contribution is 2.30. The predicted molar refractivity (Wildman–Crippen MR) is 73.1 cm³/mol. The van der Waals surface area contributed by atoms with Crippen molar-refractivity contribution in [1.82, 2.24) is 20.2 Å². The first-order valence-electron chi connectivity index (χ1n) is 6.22. The van der Waals surface area contributed by atoms with E-state index in [4.69, 9.17) is 5.11 Å². The molecule has 0 fully saturated rings. The molecule has 112 valence electrons. The van der Waals surface area contributed by atoms with E-state index in [0.717, 1.165) is 0 Å². The van der Waals surface area contributed by atoms with Gasteiger partial charge in [-0.05, 0) is 29.0 Å². The summed E-state index contributed by atoms with van der Waals surface area (Å²) in [5.41, 5.74) is 0.902. The van der Waals surface area contributed by atoms with Crippen LogP contribution in [0.25, 0.3) is 0 Å². The Morgan fingerprint density at radius 3 is 2.95 bits per heavy atom. The molecule has 2 N–H and O–H groups in total. The summed E-state index contributed by atoms with van der Waals surface area (Å²) < 4.78 is 1.36. The van der Waals surface area contributed by atoms with E-state index in [0.29, 0.717) is 11.1 Å². The van der Waals surface area contributed by atoms with Crippen LogP contribution in [0, 0.1) is 17.0 Å². The zero-order valence-electron chi connectivity index (χ0n) is 11.3. The molecule has 0 saturated carbocycles. The van der Waals surface area contributed by atoms with Crippen LogP contribution in [0.1, 0.15) is 17.2 Å². The summed E-state index contributed by atoms with van der Waals surface area (Å²) >= 11 is 0. The maximum atomic E-state index is 11.2. The van der Waals surface area contributed by atoms with Crippen molar-refractivity contribution in [1.29, 1.82) is 0 Å². The first-order valence-corrected chi connectivity index (χ1v) is 6.22. The Hall–Kier alpha value is -3.30. The van der Waals surface area contributed by atoms with E-state index in [1.807, 2.05) is 0 Å². The largest absolute Gasteiger partial charge is 0.477 e. The Balaban J connectivity index is 2.13. The number of carbonyl (C=O) groups is 1. The highest BCUT2D eigenvalue weighted by molar-refractivity contribution is 5.90.